The quantitative estimate of drug-likeness (QED) is 0.171. The van der Waals surface area contributed by atoms with E-state index in [0.29, 0.717) is 6.17 Å². The molecule has 1 unspecified atom stereocenters. The van der Waals surface area contributed by atoms with Gasteiger partial charge in [0.2, 0.25) is 0 Å². The van der Waals surface area contributed by atoms with Crippen LogP contribution in [-0.2, 0) is 6.42 Å². The third-order valence-corrected chi connectivity index (χ3v) is 7.27. The summed E-state index contributed by atoms with van der Waals surface area (Å²) in [6.45, 7) is 7.01. The Hall–Kier alpha value is -1.44. The molecule has 0 aliphatic carbocycles. The van der Waals surface area contributed by atoms with E-state index >= 15 is 0 Å². The molecule has 2 heteroatoms. The van der Waals surface area contributed by atoms with Gasteiger partial charge >= 0.3 is 0 Å². The minimum atomic E-state index is 0.506. The van der Waals surface area contributed by atoms with Crippen LogP contribution < -0.4 is 0 Å². The summed E-state index contributed by atoms with van der Waals surface area (Å²) in [5.41, 5.74) is 1.46. The van der Waals surface area contributed by atoms with Gasteiger partial charge in [-0.25, -0.2) is 0 Å². The van der Waals surface area contributed by atoms with Crippen molar-refractivity contribution in [2.45, 2.75) is 136 Å². The normalized spacial score (nSPS) is 15.6. The SMILES string of the molecule is CCCCCCCCCCCCCN1C=CN(CCCCCCCC)C1Cc1ccccc1. The summed E-state index contributed by atoms with van der Waals surface area (Å²) in [7, 11) is 0. The fourth-order valence-corrected chi connectivity index (χ4v) is 5.10. The lowest BCUT2D eigenvalue weighted by Crippen LogP contribution is -2.41. The zero-order chi connectivity index (χ0) is 23.4. The molecule has 0 aromatic heterocycles. The Morgan fingerprint density at radius 1 is 0.515 bits per heavy atom. The largest absolute Gasteiger partial charge is 0.356 e. The summed E-state index contributed by atoms with van der Waals surface area (Å²) in [6.07, 6.45) is 30.2. The van der Waals surface area contributed by atoms with Gasteiger partial charge in [0.15, 0.2) is 0 Å². The molecule has 0 N–H and O–H groups in total. The van der Waals surface area contributed by atoms with Crippen LogP contribution in [0.1, 0.15) is 129 Å². The predicted octanol–water partition coefficient (Wildman–Crippen LogP) is 9.32. The van der Waals surface area contributed by atoms with Gasteiger partial charge in [0.05, 0.1) is 0 Å². The zero-order valence-corrected chi connectivity index (χ0v) is 22.2. The molecule has 0 spiro atoms. The predicted molar refractivity (Wildman–Crippen MR) is 146 cm³/mol. The van der Waals surface area contributed by atoms with Crippen LogP contribution >= 0.6 is 0 Å². The molecule has 33 heavy (non-hydrogen) atoms. The van der Waals surface area contributed by atoms with Crippen LogP contribution in [0.25, 0.3) is 0 Å². The van der Waals surface area contributed by atoms with E-state index in [0.717, 1.165) is 6.42 Å². The second kappa shape index (κ2) is 18.9. The monoisotopic (exact) mass is 454 g/mol. The number of benzene rings is 1. The van der Waals surface area contributed by atoms with E-state index < -0.39 is 0 Å². The van der Waals surface area contributed by atoms with Gasteiger partial charge in [0.25, 0.3) is 0 Å². The van der Waals surface area contributed by atoms with E-state index in [-0.39, 0.29) is 0 Å². The van der Waals surface area contributed by atoms with Crippen molar-refractivity contribution in [1.82, 2.24) is 9.80 Å². The number of nitrogens with zero attached hydrogens (tertiary/aromatic N) is 2. The first-order valence-corrected chi connectivity index (χ1v) is 14.6. The summed E-state index contributed by atoms with van der Waals surface area (Å²) in [6, 6.07) is 11.1. The highest BCUT2D eigenvalue weighted by molar-refractivity contribution is 5.17. The minimum absolute atomic E-state index is 0.506. The molecule has 1 aliphatic heterocycles. The fourth-order valence-electron chi connectivity index (χ4n) is 5.10. The molecule has 0 amide bonds. The maximum Gasteiger partial charge on any atom is 0.105 e. The summed E-state index contributed by atoms with van der Waals surface area (Å²) in [4.78, 5) is 5.24. The Kier molecular flexibility index (Phi) is 15.9. The summed E-state index contributed by atoms with van der Waals surface area (Å²) >= 11 is 0. The molecule has 0 fully saturated rings. The molecule has 2 rings (SSSR count). The molecule has 0 saturated carbocycles. The molecule has 1 aromatic rings. The van der Waals surface area contributed by atoms with Crippen LogP contribution in [0.5, 0.6) is 0 Å². The number of unbranched alkanes of at least 4 members (excludes halogenated alkanes) is 15. The molecular formula is C31H54N2. The second-order valence-electron chi connectivity index (χ2n) is 10.2. The smallest absolute Gasteiger partial charge is 0.105 e. The van der Waals surface area contributed by atoms with Crippen molar-refractivity contribution >= 4 is 0 Å². The van der Waals surface area contributed by atoms with Crippen LogP contribution in [0.3, 0.4) is 0 Å². The van der Waals surface area contributed by atoms with Crippen molar-refractivity contribution in [3.05, 3.63) is 48.3 Å². The van der Waals surface area contributed by atoms with E-state index in [2.05, 4.69) is 66.4 Å². The van der Waals surface area contributed by atoms with Crippen LogP contribution in [0, 0.1) is 0 Å². The molecule has 2 nitrogen and oxygen atoms in total. The molecular weight excluding hydrogens is 400 g/mol. The average molecular weight is 455 g/mol. The van der Waals surface area contributed by atoms with E-state index in [1.165, 1.54) is 128 Å². The lowest BCUT2D eigenvalue weighted by atomic mass is 10.1. The molecule has 1 aliphatic rings. The summed E-state index contributed by atoms with van der Waals surface area (Å²) in [5.74, 6) is 0. The van der Waals surface area contributed by atoms with Gasteiger partial charge in [0, 0.05) is 31.9 Å². The lowest BCUT2D eigenvalue weighted by Gasteiger charge is -2.33. The highest BCUT2D eigenvalue weighted by atomic mass is 15.4. The van der Waals surface area contributed by atoms with Gasteiger partial charge in [-0.3, -0.25) is 0 Å². The zero-order valence-electron chi connectivity index (χ0n) is 22.2. The van der Waals surface area contributed by atoms with Crippen LogP contribution in [0.4, 0.5) is 0 Å². The van der Waals surface area contributed by atoms with Crippen molar-refractivity contribution in [3.8, 4) is 0 Å². The van der Waals surface area contributed by atoms with Crippen LogP contribution in [-0.4, -0.2) is 29.1 Å². The Morgan fingerprint density at radius 3 is 1.33 bits per heavy atom. The van der Waals surface area contributed by atoms with Crippen molar-refractivity contribution in [1.29, 1.82) is 0 Å². The van der Waals surface area contributed by atoms with Gasteiger partial charge in [0.1, 0.15) is 6.17 Å². The summed E-state index contributed by atoms with van der Waals surface area (Å²) in [5, 5.41) is 0. The Morgan fingerprint density at radius 2 is 0.909 bits per heavy atom. The molecule has 0 radical (unpaired) electrons. The maximum atomic E-state index is 2.62. The van der Waals surface area contributed by atoms with Crippen LogP contribution in [0.2, 0.25) is 0 Å². The molecule has 1 heterocycles. The molecule has 188 valence electrons. The van der Waals surface area contributed by atoms with Crippen molar-refractivity contribution in [2.75, 3.05) is 13.1 Å². The number of hydrogen-bond acceptors (Lipinski definition) is 2. The first-order valence-electron chi connectivity index (χ1n) is 14.6. The van der Waals surface area contributed by atoms with E-state index in [4.69, 9.17) is 0 Å². The third kappa shape index (κ3) is 12.6. The van der Waals surface area contributed by atoms with Gasteiger partial charge in [-0.2, -0.15) is 0 Å². The Bertz CT molecular complexity index is 582. The van der Waals surface area contributed by atoms with Gasteiger partial charge in [-0.05, 0) is 18.4 Å². The molecule has 0 saturated heterocycles. The van der Waals surface area contributed by atoms with Crippen molar-refractivity contribution in [2.24, 2.45) is 0 Å². The standard InChI is InChI=1S/C31H54N2/c1-3-5-7-9-11-12-13-14-15-17-22-26-33-28-27-32(25-21-16-10-8-6-4-2)31(33)29-30-23-19-18-20-24-30/h18-20,23-24,27-28,31H,3-17,21-22,25-26,29H2,1-2H3. The van der Waals surface area contributed by atoms with Gasteiger partial charge in [-0.15, -0.1) is 0 Å². The first kappa shape index (κ1) is 27.8. The van der Waals surface area contributed by atoms with Gasteiger partial charge < -0.3 is 9.80 Å². The Labute approximate surface area is 206 Å². The molecule has 1 aromatic carbocycles. The highest BCUT2D eigenvalue weighted by Crippen LogP contribution is 2.22. The van der Waals surface area contributed by atoms with Gasteiger partial charge in [-0.1, -0.05) is 140 Å². The topological polar surface area (TPSA) is 6.48 Å². The third-order valence-electron chi connectivity index (χ3n) is 7.27. The lowest BCUT2D eigenvalue weighted by molar-refractivity contribution is 0.148. The summed E-state index contributed by atoms with van der Waals surface area (Å²) < 4.78 is 0. The number of hydrogen-bond donors (Lipinski definition) is 0. The molecule has 0 bridgehead atoms. The highest BCUT2D eigenvalue weighted by Gasteiger charge is 2.25. The first-order chi connectivity index (χ1) is 16.3. The van der Waals surface area contributed by atoms with E-state index in [1.807, 2.05) is 0 Å². The van der Waals surface area contributed by atoms with E-state index in [1.54, 1.807) is 0 Å². The Balaban J connectivity index is 1.65. The van der Waals surface area contributed by atoms with Crippen molar-refractivity contribution in [3.63, 3.8) is 0 Å². The van der Waals surface area contributed by atoms with Crippen LogP contribution in [0.15, 0.2) is 42.7 Å². The maximum absolute atomic E-state index is 2.62. The average Bonchev–Trinajstić information content (AvgIpc) is 3.21. The number of rotatable bonds is 21. The van der Waals surface area contributed by atoms with E-state index in [9.17, 15) is 0 Å². The minimum Gasteiger partial charge on any atom is -0.356 e. The molecule has 1 atom stereocenters. The fraction of sp³-hybridized carbons (Fsp3) is 0.742. The van der Waals surface area contributed by atoms with Crippen molar-refractivity contribution < 1.29 is 0 Å². The second-order valence-corrected chi connectivity index (χ2v) is 10.2.